The van der Waals surface area contributed by atoms with Gasteiger partial charge in [0.15, 0.2) is 0 Å². The molecule has 0 spiro atoms. The number of carbonyl (C=O) groups excluding carboxylic acids is 4. The molecule has 1 saturated heterocycles. The maximum absolute atomic E-state index is 11.3. The Morgan fingerprint density at radius 3 is 1.97 bits per heavy atom. The van der Waals surface area contributed by atoms with Gasteiger partial charge in [-0.3, -0.25) is 9.59 Å². The molecule has 1 N–H and O–H groups in total. The lowest BCUT2D eigenvalue weighted by Gasteiger charge is -2.10. The molecule has 0 saturated carbocycles. The first-order chi connectivity index (χ1) is 15.1. The predicted octanol–water partition coefficient (Wildman–Crippen LogP) is 2.40. The van der Waals surface area contributed by atoms with Crippen LogP contribution in [0.5, 0.6) is 0 Å². The minimum Gasteiger partial charge on any atom is -0.463 e. The quantitative estimate of drug-likeness (QED) is 0.145. The van der Waals surface area contributed by atoms with Crippen LogP contribution >= 0.6 is 0 Å². The monoisotopic (exact) mass is 459 g/mol. The van der Waals surface area contributed by atoms with Gasteiger partial charge < -0.3 is 29.0 Å². The van der Waals surface area contributed by atoms with Crippen LogP contribution in [-0.2, 0) is 38.1 Å². The van der Waals surface area contributed by atoms with Crippen LogP contribution in [0, 0.1) is 11.8 Å². The average molecular weight is 460 g/mol. The summed E-state index contributed by atoms with van der Waals surface area (Å²) in [4.78, 5) is 44.6. The Bertz CT molecular complexity index is 617. The molecule has 1 amide bonds. The number of hydrogen-bond acceptors (Lipinski definition) is 9. The summed E-state index contributed by atoms with van der Waals surface area (Å²) in [6.45, 7) is 13.8. The Morgan fingerprint density at radius 1 is 0.938 bits per heavy atom. The van der Waals surface area contributed by atoms with Crippen molar-refractivity contribution in [2.45, 2.75) is 53.6 Å². The molecule has 1 aliphatic rings. The van der Waals surface area contributed by atoms with Gasteiger partial charge in [0.2, 0.25) is 0 Å². The van der Waals surface area contributed by atoms with Gasteiger partial charge in [0.05, 0.1) is 25.0 Å². The highest BCUT2D eigenvalue weighted by Crippen LogP contribution is 2.11. The van der Waals surface area contributed by atoms with E-state index >= 15 is 0 Å². The van der Waals surface area contributed by atoms with Crippen LogP contribution in [-0.4, -0.2) is 69.7 Å². The average Bonchev–Trinajstić information content (AvgIpc) is 3.61. The van der Waals surface area contributed by atoms with Crippen LogP contribution in [0.3, 0.4) is 0 Å². The van der Waals surface area contributed by atoms with Gasteiger partial charge in [-0.05, 0) is 19.8 Å². The summed E-state index contributed by atoms with van der Waals surface area (Å²) in [5.74, 6) is -1.08. The lowest BCUT2D eigenvalue weighted by atomic mass is 10.1. The van der Waals surface area contributed by atoms with E-state index in [9.17, 15) is 19.2 Å². The first-order valence-electron chi connectivity index (χ1n) is 10.8. The zero-order valence-corrected chi connectivity index (χ0v) is 19.8. The van der Waals surface area contributed by atoms with Crippen molar-refractivity contribution in [3.63, 3.8) is 0 Å². The molecule has 184 valence electrons. The van der Waals surface area contributed by atoms with E-state index in [1.807, 2.05) is 20.8 Å². The Balaban J connectivity index is 0.000000726. The zero-order chi connectivity index (χ0) is 24.5. The third kappa shape index (κ3) is 15.2. The summed E-state index contributed by atoms with van der Waals surface area (Å²) in [5.41, 5.74) is 0.292. The standard InChI is InChI=1S/C14H23NO6.C8H14O3/c1-5-11(4)13(17)20-8-9-21-14(18)15-6-7-19-12(16)10(2)3;1-3-6(2)8(9)11-5-7-4-10-7/h11H,2,5-9H2,1,3-4H3,(H,15,18);6-7H,3-5H2,1-2H3. The van der Waals surface area contributed by atoms with Crippen LogP contribution in [0.4, 0.5) is 4.79 Å². The van der Waals surface area contributed by atoms with Crippen molar-refractivity contribution in [2.75, 3.05) is 39.6 Å². The highest BCUT2D eigenvalue weighted by atomic mass is 16.6. The molecular formula is C22H37NO9. The van der Waals surface area contributed by atoms with Gasteiger partial charge in [0.25, 0.3) is 0 Å². The third-order valence-corrected chi connectivity index (χ3v) is 4.36. The second-order valence-corrected chi connectivity index (χ2v) is 7.35. The van der Waals surface area contributed by atoms with E-state index in [1.165, 1.54) is 6.92 Å². The van der Waals surface area contributed by atoms with Crippen molar-refractivity contribution in [1.82, 2.24) is 5.32 Å². The largest absolute Gasteiger partial charge is 0.463 e. The summed E-state index contributed by atoms with van der Waals surface area (Å²) >= 11 is 0. The summed E-state index contributed by atoms with van der Waals surface area (Å²) in [6.07, 6.45) is 1.05. The van der Waals surface area contributed by atoms with E-state index in [-0.39, 0.29) is 56.2 Å². The van der Waals surface area contributed by atoms with Gasteiger partial charge >= 0.3 is 24.0 Å². The normalized spacial score (nSPS) is 15.7. The Hall–Kier alpha value is -2.62. The maximum atomic E-state index is 11.3. The summed E-state index contributed by atoms with van der Waals surface area (Å²) < 4.78 is 24.3. The minimum atomic E-state index is -0.666. The SMILES string of the molecule is C=C(C)C(=O)OCCNC(=O)OCCOC(=O)C(C)CC.CCC(C)C(=O)OCC1CO1. The lowest BCUT2D eigenvalue weighted by molar-refractivity contribution is -0.149. The molecule has 0 aromatic rings. The van der Waals surface area contributed by atoms with E-state index in [4.69, 9.17) is 23.7 Å². The Labute approximate surface area is 189 Å². The van der Waals surface area contributed by atoms with Gasteiger partial charge in [0, 0.05) is 5.57 Å². The molecule has 1 aliphatic heterocycles. The first-order valence-corrected chi connectivity index (χ1v) is 10.8. The molecule has 0 aliphatic carbocycles. The molecule has 10 nitrogen and oxygen atoms in total. The maximum Gasteiger partial charge on any atom is 0.407 e. The Kier molecular flexibility index (Phi) is 15.6. The van der Waals surface area contributed by atoms with E-state index in [2.05, 4.69) is 11.9 Å². The van der Waals surface area contributed by atoms with Gasteiger partial charge in [0.1, 0.15) is 32.5 Å². The molecule has 0 radical (unpaired) electrons. The van der Waals surface area contributed by atoms with Crippen LogP contribution in [0.25, 0.3) is 0 Å². The van der Waals surface area contributed by atoms with Crippen molar-refractivity contribution in [2.24, 2.45) is 11.8 Å². The van der Waals surface area contributed by atoms with Gasteiger partial charge in [-0.1, -0.05) is 34.3 Å². The van der Waals surface area contributed by atoms with Gasteiger partial charge in [-0.15, -0.1) is 0 Å². The molecule has 32 heavy (non-hydrogen) atoms. The van der Waals surface area contributed by atoms with Crippen molar-refractivity contribution in [3.05, 3.63) is 12.2 Å². The second kappa shape index (κ2) is 17.0. The molecule has 1 rings (SSSR count). The third-order valence-electron chi connectivity index (χ3n) is 4.36. The second-order valence-electron chi connectivity index (χ2n) is 7.35. The molecule has 1 heterocycles. The van der Waals surface area contributed by atoms with E-state index in [0.29, 0.717) is 18.6 Å². The highest BCUT2D eigenvalue weighted by Gasteiger charge is 2.25. The molecular weight excluding hydrogens is 422 g/mol. The van der Waals surface area contributed by atoms with Crippen molar-refractivity contribution in [1.29, 1.82) is 0 Å². The fourth-order valence-electron chi connectivity index (χ4n) is 1.70. The van der Waals surface area contributed by atoms with E-state index in [1.54, 1.807) is 6.92 Å². The van der Waals surface area contributed by atoms with Crippen LogP contribution in [0.2, 0.25) is 0 Å². The van der Waals surface area contributed by atoms with Crippen LogP contribution in [0.1, 0.15) is 47.5 Å². The van der Waals surface area contributed by atoms with Crippen molar-refractivity contribution >= 4 is 24.0 Å². The smallest absolute Gasteiger partial charge is 0.407 e. The van der Waals surface area contributed by atoms with E-state index < -0.39 is 12.1 Å². The number of rotatable bonds is 13. The number of nitrogens with one attached hydrogen (secondary N) is 1. The molecule has 0 aromatic heterocycles. The number of esters is 3. The topological polar surface area (TPSA) is 130 Å². The van der Waals surface area contributed by atoms with Crippen LogP contribution in [0.15, 0.2) is 12.2 Å². The fourth-order valence-corrected chi connectivity index (χ4v) is 1.70. The molecule has 3 unspecified atom stereocenters. The highest BCUT2D eigenvalue weighted by molar-refractivity contribution is 5.86. The fraction of sp³-hybridized carbons (Fsp3) is 0.727. The molecule has 1 fully saturated rings. The number of alkyl carbamates (subject to hydrolysis) is 1. The molecule has 0 aromatic carbocycles. The van der Waals surface area contributed by atoms with Crippen LogP contribution < -0.4 is 5.32 Å². The lowest BCUT2D eigenvalue weighted by Crippen LogP contribution is -2.30. The Morgan fingerprint density at radius 2 is 1.47 bits per heavy atom. The number of amides is 1. The summed E-state index contributed by atoms with van der Waals surface area (Å²) in [5, 5.41) is 2.39. The number of carbonyl (C=O) groups is 4. The van der Waals surface area contributed by atoms with Crippen molar-refractivity contribution in [3.8, 4) is 0 Å². The molecule has 3 atom stereocenters. The summed E-state index contributed by atoms with van der Waals surface area (Å²) in [6, 6.07) is 0. The van der Waals surface area contributed by atoms with Gasteiger partial charge in [-0.25, -0.2) is 9.59 Å². The van der Waals surface area contributed by atoms with Crippen molar-refractivity contribution < 1.29 is 42.9 Å². The minimum absolute atomic E-state index is 0.0151. The number of epoxide rings is 1. The summed E-state index contributed by atoms with van der Waals surface area (Å²) in [7, 11) is 0. The first kappa shape index (κ1) is 29.4. The molecule has 10 heteroatoms. The van der Waals surface area contributed by atoms with Gasteiger partial charge in [-0.2, -0.15) is 0 Å². The predicted molar refractivity (Wildman–Crippen MR) is 116 cm³/mol. The number of hydrogen-bond donors (Lipinski definition) is 1. The zero-order valence-electron chi connectivity index (χ0n) is 19.8. The molecule has 0 bridgehead atoms. The van der Waals surface area contributed by atoms with E-state index in [0.717, 1.165) is 13.0 Å². The number of ether oxygens (including phenoxy) is 5.